The van der Waals surface area contributed by atoms with Crippen LogP contribution in [0.2, 0.25) is 0 Å². The Hall–Kier alpha value is -4.27. The highest BCUT2D eigenvalue weighted by Crippen LogP contribution is 2.67. The van der Waals surface area contributed by atoms with Gasteiger partial charge in [0.25, 0.3) is 0 Å². The minimum Gasteiger partial charge on any atom is -0.497 e. The van der Waals surface area contributed by atoms with Crippen LogP contribution in [-0.4, -0.2) is 35.4 Å². The maximum atomic E-state index is 13.8. The number of aromatic nitrogens is 1. The molecule has 0 radical (unpaired) electrons. The second-order valence-electron chi connectivity index (χ2n) is 11.5. The van der Waals surface area contributed by atoms with Crippen LogP contribution in [0.15, 0.2) is 72.8 Å². The summed E-state index contributed by atoms with van der Waals surface area (Å²) in [5.74, 6) is 0.206. The maximum absolute atomic E-state index is 13.8. The van der Waals surface area contributed by atoms with Gasteiger partial charge >= 0.3 is 6.18 Å². The first kappa shape index (κ1) is 29.2. The second-order valence-corrected chi connectivity index (χ2v) is 11.5. The van der Waals surface area contributed by atoms with Crippen LogP contribution >= 0.6 is 0 Å². The number of hydrogen-bond acceptors (Lipinski definition) is 3. The van der Waals surface area contributed by atoms with E-state index in [1.165, 1.54) is 22.6 Å². The molecular formula is C33H34F3N3O3. The zero-order valence-corrected chi connectivity index (χ0v) is 24.0. The van der Waals surface area contributed by atoms with Gasteiger partial charge in [-0.05, 0) is 77.8 Å². The Balaban J connectivity index is 1.35. The van der Waals surface area contributed by atoms with Gasteiger partial charge in [0.1, 0.15) is 12.3 Å². The molecule has 1 fully saturated rings. The van der Waals surface area contributed by atoms with Crippen molar-refractivity contribution < 1.29 is 27.5 Å². The molecule has 2 atom stereocenters. The van der Waals surface area contributed by atoms with Gasteiger partial charge in [0.15, 0.2) is 0 Å². The van der Waals surface area contributed by atoms with Crippen molar-refractivity contribution >= 4 is 28.4 Å². The predicted octanol–water partition coefficient (Wildman–Crippen LogP) is 7.30. The summed E-state index contributed by atoms with van der Waals surface area (Å²) in [6.45, 7) is 6.11. The molecule has 6 nitrogen and oxygen atoms in total. The summed E-state index contributed by atoms with van der Waals surface area (Å²) in [4.78, 5) is 31.7. The average Bonchev–Trinajstić information content (AvgIpc) is 3.29. The highest BCUT2D eigenvalue weighted by Gasteiger charge is 2.59. The smallest absolute Gasteiger partial charge is 0.416 e. The fourth-order valence-electron chi connectivity index (χ4n) is 6.01. The van der Waals surface area contributed by atoms with E-state index >= 15 is 0 Å². The number of fused-ring (bicyclic) bond motifs is 1. The monoisotopic (exact) mass is 577 g/mol. The number of para-hydroxylation sites is 1. The van der Waals surface area contributed by atoms with Crippen LogP contribution < -0.4 is 10.1 Å². The average molecular weight is 578 g/mol. The van der Waals surface area contributed by atoms with E-state index < -0.39 is 17.6 Å². The first-order valence-electron chi connectivity index (χ1n) is 13.8. The third kappa shape index (κ3) is 6.00. The molecule has 1 aromatic heterocycles. The number of amides is 2. The lowest BCUT2D eigenvalue weighted by Gasteiger charge is -2.23. The highest BCUT2D eigenvalue weighted by atomic mass is 19.4. The van der Waals surface area contributed by atoms with Crippen LogP contribution in [0.25, 0.3) is 10.9 Å². The molecule has 0 spiro atoms. The van der Waals surface area contributed by atoms with E-state index in [0.717, 1.165) is 28.7 Å². The van der Waals surface area contributed by atoms with Crippen LogP contribution in [0.5, 0.6) is 5.75 Å². The van der Waals surface area contributed by atoms with Crippen molar-refractivity contribution in [2.45, 2.75) is 45.8 Å². The van der Waals surface area contributed by atoms with E-state index in [9.17, 15) is 22.8 Å². The van der Waals surface area contributed by atoms with Gasteiger partial charge < -0.3 is 19.9 Å². The Morgan fingerprint density at radius 1 is 1.00 bits per heavy atom. The maximum Gasteiger partial charge on any atom is 0.416 e. The van der Waals surface area contributed by atoms with Crippen molar-refractivity contribution in [1.29, 1.82) is 0 Å². The van der Waals surface area contributed by atoms with E-state index in [-0.39, 0.29) is 42.7 Å². The van der Waals surface area contributed by atoms with Crippen molar-refractivity contribution in [2.24, 2.45) is 11.3 Å². The summed E-state index contributed by atoms with van der Waals surface area (Å²) in [7, 11) is 1.55. The normalized spacial score (nSPS) is 17.6. The number of nitrogens with one attached hydrogen (secondary N) is 2. The van der Waals surface area contributed by atoms with Crippen LogP contribution in [0.1, 0.15) is 48.6 Å². The van der Waals surface area contributed by atoms with Crippen LogP contribution in [-0.2, 0) is 22.3 Å². The molecule has 2 N–H and O–H groups in total. The van der Waals surface area contributed by atoms with Crippen LogP contribution in [0.4, 0.5) is 18.9 Å². The molecule has 1 heterocycles. The molecule has 4 aromatic rings. The number of alkyl halides is 3. The number of ether oxygens (including phenoxy) is 1. The van der Waals surface area contributed by atoms with Crippen LogP contribution in [0.3, 0.4) is 0 Å². The van der Waals surface area contributed by atoms with Gasteiger partial charge in [-0.3, -0.25) is 9.59 Å². The van der Waals surface area contributed by atoms with Crippen LogP contribution in [0, 0.1) is 18.3 Å². The van der Waals surface area contributed by atoms with E-state index in [4.69, 9.17) is 4.74 Å². The van der Waals surface area contributed by atoms with Gasteiger partial charge in [0, 0.05) is 35.2 Å². The Kier molecular flexibility index (Phi) is 7.79. The number of carbonyl (C=O) groups excluding carboxylic acids is 2. The molecule has 0 unspecified atom stereocenters. The number of hydrogen-bond donors (Lipinski definition) is 2. The molecule has 0 aliphatic heterocycles. The number of benzene rings is 3. The zero-order valence-electron chi connectivity index (χ0n) is 24.0. The zero-order chi connectivity index (χ0) is 30.2. The van der Waals surface area contributed by atoms with E-state index in [1.807, 2.05) is 25.1 Å². The van der Waals surface area contributed by atoms with Gasteiger partial charge in [-0.1, -0.05) is 44.2 Å². The molecule has 1 aliphatic rings. The minimum absolute atomic E-state index is 0.0108. The molecule has 220 valence electrons. The summed E-state index contributed by atoms with van der Waals surface area (Å²) < 4.78 is 44.5. The Morgan fingerprint density at radius 3 is 2.31 bits per heavy atom. The molecule has 0 saturated heterocycles. The topological polar surface area (TPSA) is 74.4 Å². The number of carbonyl (C=O) groups is 2. The molecule has 1 saturated carbocycles. The largest absolute Gasteiger partial charge is 0.497 e. The molecule has 5 rings (SSSR count). The summed E-state index contributed by atoms with van der Waals surface area (Å²) in [5, 5.41) is 3.94. The highest BCUT2D eigenvalue weighted by molar-refractivity contribution is 5.94. The predicted molar refractivity (Wildman–Crippen MR) is 156 cm³/mol. The van der Waals surface area contributed by atoms with Gasteiger partial charge in [-0.25, -0.2) is 0 Å². The van der Waals surface area contributed by atoms with Gasteiger partial charge in [0.05, 0.1) is 12.7 Å². The van der Waals surface area contributed by atoms with Gasteiger partial charge in [-0.15, -0.1) is 0 Å². The van der Waals surface area contributed by atoms with Crippen molar-refractivity contribution in [2.75, 3.05) is 19.0 Å². The molecule has 1 aliphatic carbocycles. The quantitative estimate of drug-likeness (QED) is 0.219. The first-order valence-corrected chi connectivity index (χ1v) is 13.8. The SMILES string of the molecule is COc1ccc(NC(=O)CN(Cc2ccc(C(F)(F)F)cc2)C(=O)C[C@H]2[C@@H](c3c(C)[nH]c4ccccc34)C2(C)C)cc1. The fourth-order valence-corrected chi connectivity index (χ4v) is 6.01. The third-order valence-corrected chi connectivity index (χ3v) is 8.42. The molecular weight excluding hydrogens is 543 g/mol. The molecule has 0 bridgehead atoms. The van der Waals surface area contributed by atoms with E-state index in [0.29, 0.717) is 17.0 Å². The van der Waals surface area contributed by atoms with Gasteiger partial charge in [0.2, 0.25) is 11.8 Å². The number of nitrogens with zero attached hydrogens (tertiary/aromatic N) is 1. The second kappa shape index (κ2) is 11.2. The number of aryl methyl sites for hydroxylation is 1. The lowest BCUT2D eigenvalue weighted by atomic mass is 10.0. The summed E-state index contributed by atoms with van der Waals surface area (Å²) in [5.41, 5.74) is 3.48. The van der Waals surface area contributed by atoms with Crippen molar-refractivity contribution in [3.8, 4) is 5.75 Å². The van der Waals surface area contributed by atoms with E-state index in [2.05, 4.69) is 30.2 Å². The molecule has 2 amide bonds. The Labute approximate surface area is 242 Å². The van der Waals surface area contributed by atoms with Crippen molar-refractivity contribution in [3.63, 3.8) is 0 Å². The van der Waals surface area contributed by atoms with Crippen molar-refractivity contribution in [1.82, 2.24) is 9.88 Å². The number of halogens is 3. The Morgan fingerprint density at radius 2 is 1.67 bits per heavy atom. The molecule has 42 heavy (non-hydrogen) atoms. The number of methoxy groups -OCH3 is 1. The summed E-state index contributed by atoms with van der Waals surface area (Å²) >= 11 is 0. The Bertz CT molecular complexity index is 1590. The standard InChI is InChI=1S/C33H34F3N3O3/c1-20-30(25-7-5-6-8-27(25)37-20)31-26(32(31,2)3)17-29(41)39(18-21-9-11-22(12-10-21)33(34,35)36)19-28(40)38-23-13-15-24(42-4)16-14-23/h5-16,26,31,37H,17-19H2,1-4H3,(H,38,40)/t26-,31-/m0/s1. The number of H-pyrrole nitrogens is 1. The number of aromatic amines is 1. The number of rotatable bonds is 9. The minimum atomic E-state index is -4.46. The molecule has 3 aromatic carbocycles. The fraction of sp³-hybridized carbons (Fsp3) is 0.333. The third-order valence-electron chi connectivity index (χ3n) is 8.42. The summed E-state index contributed by atoms with van der Waals surface area (Å²) in [6, 6.07) is 19.6. The van der Waals surface area contributed by atoms with E-state index in [1.54, 1.807) is 31.4 Å². The summed E-state index contributed by atoms with van der Waals surface area (Å²) in [6.07, 6.45) is -4.24. The van der Waals surface area contributed by atoms with Crippen molar-refractivity contribution in [3.05, 3.63) is 95.2 Å². The molecule has 9 heteroatoms. The lowest BCUT2D eigenvalue weighted by molar-refractivity contribution is -0.137. The van der Waals surface area contributed by atoms with Gasteiger partial charge in [-0.2, -0.15) is 13.2 Å². The lowest BCUT2D eigenvalue weighted by Crippen LogP contribution is -2.38. The first-order chi connectivity index (χ1) is 19.9. The number of anilines is 1.